The highest BCUT2D eigenvalue weighted by molar-refractivity contribution is 6.31. The molecule has 2 heterocycles. The molecule has 1 saturated heterocycles. The van der Waals surface area contributed by atoms with Crippen LogP contribution in [-0.2, 0) is 19.1 Å². The number of hydrogen-bond acceptors (Lipinski definition) is 4. The Morgan fingerprint density at radius 1 is 1.09 bits per heavy atom. The predicted molar refractivity (Wildman–Crippen MR) is 127 cm³/mol. The third-order valence-corrected chi connectivity index (χ3v) is 6.95. The Bertz CT molecular complexity index is 1150. The second-order valence-electron chi connectivity index (χ2n) is 8.20. The van der Waals surface area contributed by atoms with Crippen LogP contribution in [0.5, 0.6) is 5.75 Å². The van der Waals surface area contributed by atoms with Gasteiger partial charge in [-0.3, -0.25) is 9.48 Å². The lowest BCUT2D eigenvalue weighted by Gasteiger charge is -2.39. The van der Waals surface area contributed by atoms with Crippen molar-refractivity contribution in [3.8, 4) is 11.4 Å². The van der Waals surface area contributed by atoms with Crippen molar-refractivity contribution < 1.29 is 9.84 Å². The maximum atomic E-state index is 12.7. The fourth-order valence-electron chi connectivity index (χ4n) is 4.47. The molecule has 1 fully saturated rings. The molecule has 0 bridgehead atoms. The highest BCUT2D eigenvalue weighted by atomic mass is 35.5. The molecule has 1 N–H and O–H groups in total. The van der Waals surface area contributed by atoms with Crippen LogP contribution < -0.4 is 10.3 Å². The summed E-state index contributed by atoms with van der Waals surface area (Å²) in [4.78, 5) is 15.0. The largest absolute Gasteiger partial charge is 0.496 e. The summed E-state index contributed by atoms with van der Waals surface area (Å²) in [5.41, 5.74) is 1.13. The molecule has 0 spiro atoms. The summed E-state index contributed by atoms with van der Waals surface area (Å²) in [7, 11) is 3.46. The van der Waals surface area contributed by atoms with Crippen molar-refractivity contribution in [3.63, 3.8) is 0 Å². The van der Waals surface area contributed by atoms with E-state index in [1.165, 1.54) is 0 Å². The molecule has 0 aliphatic carbocycles. The molecule has 8 heteroatoms. The molecular weight excluding hydrogens is 449 g/mol. The van der Waals surface area contributed by atoms with Crippen molar-refractivity contribution >= 4 is 23.2 Å². The van der Waals surface area contributed by atoms with Crippen molar-refractivity contribution in [1.29, 1.82) is 0 Å². The number of rotatable bonds is 6. The molecule has 1 aliphatic heterocycles. The van der Waals surface area contributed by atoms with Gasteiger partial charge in [-0.1, -0.05) is 41.4 Å². The Labute approximate surface area is 197 Å². The monoisotopic (exact) mass is 475 g/mol. The first-order valence-corrected chi connectivity index (χ1v) is 11.4. The predicted octanol–water partition coefficient (Wildman–Crippen LogP) is 4.02. The van der Waals surface area contributed by atoms with Gasteiger partial charge >= 0.3 is 0 Å². The van der Waals surface area contributed by atoms with Crippen molar-refractivity contribution in [3.05, 3.63) is 80.2 Å². The maximum absolute atomic E-state index is 12.7. The number of para-hydroxylation sites is 1. The second kappa shape index (κ2) is 9.32. The number of aliphatic hydroxyl groups is 1. The highest BCUT2D eigenvalue weighted by Gasteiger charge is 2.36. The van der Waals surface area contributed by atoms with Crippen LogP contribution in [0.3, 0.4) is 0 Å². The first-order chi connectivity index (χ1) is 15.3. The van der Waals surface area contributed by atoms with Gasteiger partial charge in [0.25, 0.3) is 5.56 Å². The van der Waals surface area contributed by atoms with Gasteiger partial charge in [0, 0.05) is 43.7 Å². The van der Waals surface area contributed by atoms with Crippen molar-refractivity contribution in [1.82, 2.24) is 14.3 Å². The summed E-state index contributed by atoms with van der Waals surface area (Å²) in [6.07, 6.45) is 1.78. The standard InChI is InChI=1S/C24H27Cl2N3O3/c1-27-20(22(26)23(30)29(27)18-6-4-3-5-7-18)10-13-28-14-11-24(31,12-15-28)19-16-17(25)8-9-21(19)32-2/h3-9,16,31H,10-15H2,1-2H3. The molecule has 0 atom stereocenters. The lowest BCUT2D eigenvalue weighted by atomic mass is 9.84. The SMILES string of the molecule is COc1ccc(Cl)cc1C1(O)CCN(CCc2c(Cl)c(=O)n(-c3ccccc3)n2C)CC1. The minimum atomic E-state index is -0.978. The topological polar surface area (TPSA) is 59.6 Å². The van der Waals surface area contributed by atoms with E-state index in [0.29, 0.717) is 30.0 Å². The number of methoxy groups -OCH3 is 1. The van der Waals surface area contributed by atoms with E-state index in [-0.39, 0.29) is 10.6 Å². The number of piperidine rings is 1. The quantitative estimate of drug-likeness (QED) is 0.584. The first kappa shape index (κ1) is 22.9. The van der Waals surface area contributed by atoms with Crippen LogP contribution in [0.25, 0.3) is 5.69 Å². The summed E-state index contributed by atoms with van der Waals surface area (Å²) in [6.45, 7) is 2.18. The van der Waals surface area contributed by atoms with Crippen LogP contribution in [0.1, 0.15) is 24.1 Å². The van der Waals surface area contributed by atoms with E-state index in [1.807, 2.05) is 42.1 Å². The third-order valence-electron chi connectivity index (χ3n) is 6.34. The van der Waals surface area contributed by atoms with E-state index >= 15 is 0 Å². The van der Waals surface area contributed by atoms with Crippen LogP contribution in [0, 0.1) is 0 Å². The molecule has 0 unspecified atom stereocenters. The van der Waals surface area contributed by atoms with Crippen LogP contribution >= 0.6 is 23.2 Å². The highest BCUT2D eigenvalue weighted by Crippen LogP contribution is 2.39. The van der Waals surface area contributed by atoms with Crippen molar-refractivity contribution in [2.45, 2.75) is 24.9 Å². The number of nitrogens with zero attached hydrogens (tertiary/aromatic N) is 3. The van der Waals surface area contributed by atoms with Gasteiger partial charge in [0.15, 0.2) is 0 Å². The fourth-order valence-corrected chi connectivity index (χ4v) is 4.94. The van der Waals surface area contributed by atoms with Crippen molar-refractivity contribution in [2.24, 2.45) is 7.05 Å². The summed E-state index contributed by atoms with van der Waals surface area (Å²) in [5.74, 6) is 0.648. The molecular formula is C24H27Cl2N3O3. The van der Waals surface area contributed by atoms with Crippen LogP contribution in [0.2, 0.25) is 10.0 Å². The smallest absolute Gasteiger partial charge is 0.290 e. The summed E-state index contributed by atoms with van der Waals surface area (Å²) < 4.78 is 8.87. The Morgan fingerprint density at radius 3 is 2.44 bits per heavy atom. The third kappa shape index (κ3) is 4.33. The van der Waals surface area contributed by atoms with E-state index in [9.17, 15) is 9.90 Å². The average Bonchev–Trinajstić information content (AvgIpc) is 3.02. The average molecular weight is 476 g/mol. The summed E-state index contributed by atoms with van der Waals surface area (Å²) >= 11 is 12.6. The molecule has 3 aromatic rings. The summed E-state index contributed by atoms with van der Waals surface area (Å²) in [5, 5.41) is 12.1. The van der Waals surface area contributed by atoms with Gasteiger partial charge in [0.1, 0.15) is 10.8 Å². The number of benzene rings is 2. The molecule has 32 heavy (non-hydrogen) atoms. The minimum Gasteiger partial charge on any atom is -0.496 e. The van der Waals surface area contributed by atoms with Crippen LogP contribution in [-0.4, -0.2) is 46.1 Å². The lowest BCUT2D eigenvalue weighted by Crippen LogP contribution is -2.43. The van der Waals surface area contributed by atoms with E-state index < -0.39 is 5.60 Å². The number of ether oxygens (including phenoxy) is 1. The van der Waals surface area contributed by atoms with Gasteiger partial charge in [-0.15, -0.1) is 0 Å². The summed E-state index contributed by atoms with van der Waals surface area (Å²) in [6, 6.07) is 14.8. The van der Waals surface area contributed by atoms with Gasteiger partial charge in [0.05, 0.1) is 24.1 Å². The maximum Gasteiger partial charge on any atom is 0.290 e. The zero-order valence-electron chi connectivity index (χ0n) is 18.2. The fraction of sp³-hybridized carbons (Fsp3) is 0.375. The molecule has 2 aromatic carbocycles. The zero-order valence-corrected chi connectivity index (χ0v) is 19.7. The minimum absolute atomic E-state index is 0.212. The van der Waals surface area contributed by atoms with Crippen LogP contribution in [0.4, 0.5) is 0 Å². The van der Waals surface area contributed by atoms with Crippen molar-refractivity contribution in [2.75, 3.05) is 26.7 Å². The molecule has 1 aromatic heterocycles. The van der Waals surface area contributed by atoms with Gasteiger partial charge in [-0.05, 0) is 43.2 Å². The molecule has 6 nitrogen and oxygen atoms in total. The van der Waals surface area contributed by atoms with Gasteiger partial charge in [0.2, 0.25) is 0 Å². The van der Waals surface area contributed by atoms with Gasteiger partial charge < -0.3 is 14.7 Å². The van der Waals surface area contributed by atoms with E-state index in [4.69, 9.17) is 27.9 Å². The first-order valence-electron chi connectivity index (χ1n) is 10.6. The molecule has 170 valence electrons. The Kier molecular flexibility index (Phi) is 6.67. The zero-order chi connectivity index (χ0) is 22.9. The Morgan fingerprint density at radius 2 is 1.78 bits per heavy atom. The molecule has 0 radical (unpaired) electrons. The molecule has 4 rings (SSSR count). The van der Waals surface area contributed by atoms with Gasteiger partial charge in [-0.25, -0.2) is 4.68 Å². The normalized spacial score (nSPS) is 16.3. The second-order valence-corrected chi connectivity index (χ2v) is 9.02. The Hall–Kier alpha value is -2.25. The molecule has 0 saturated carbocycles. The number of aromatic nitrogens is 2. The number of hydrogen-bond donors (Lipinski definition) is 1. The molecule has 0 amide bonds. The lowest BCUT2D eigenvalue weighted by molar-refractivity contribution is -0.0271. The van der Waals surface area contributed by atoms with Crippen LogP contribution in [0.15, 0.2) is 53.3 Å². The number of halogens is 2. The van der Waals surface area contributed by atoms with E-state index in [1.54, 1.807) is 30.0 Å². The van der Waals surface area contributed by atoms with Gasteiger partial charge in [-0.2, -0.15) is 0 Å². The Balaban J connectivity index is 1.45. The number of likely N-dealkylation sites (tertiary alicyclic amines) is 1. The van der Waals surface area contributed by atoms with E-state index in [2.05, 4.69) is 4.90 Å². The molecule has 1 aliphatic rings. The van der Waals surface area contributed by atoms with E-state index in [0.717, 1.165) is 36.6 Å².